The number of fused-ring (bicyclic) bond motifs is 2. The van der Waals surface area contributed by atoms with Crippen LogP contribution in [0.5, 0.6) is 11.5 Å². The van der Waals surface area contributed by atoms with E-state index in [4.69, 9.17) is 9.47 Å². The molecule has 41 heavy (non-hydrogen) atoms. The fraction of sp³-hybridized carbons (Fsp3) is 0.200. The zero-order chi connectivity index (χ0) is 28.3. The lowest BCUT2D eigenvalue weighted by Crippen LogP contribution is -2.37. The molecule has 0 radical (unpaired) electrons. The molecule has 0 fully saturated rings. The van der Waals surface area contributed by atoms with E-state index in [2.05, 4.69) is 64.8 Å². The Hall–Kier alpha value is -4.52. The van der Waals surface area contributed by atoms with Crippen LogP contribution < -0.4 is 14.8 Å². The van der Waals surface area contributed by atoms with E-state index in [9.17, 15) is 5.11 Å². The summed E-state index contributed by atoms with van der Waals surface area (Å²) in [5.41, 5.74) is 4.69. The van der Waals surface area contributed by atoms with Crippen molar-refractivity contribution in [3.05, 3.63) is 133 Å². The molecule has 0 spiro atoms. The van der Waals surface area contributed by atoms with Crippen LogP contribution in [0.4, 0.5) is 0 Å². The molecular formula is C35H37N3O3. The first kappa shape index (κ1) is 28.0. The molecule has 0 bridgehead atoms. The van der Waals surface area contributed by atoms with Crippen LogP contribution in [0.25, 0.3) is 21.8 Å². The molecular weight excluding hydrogens is 510 g/mol. The lowest BCUT2D eigenvalue weighted by molar-refractivity contribution is 0.104. The normalized spacial score (nSPS) is 12.4. The van der Waals surface area contributed by atoms with Crippen LogP contribution >= 0.6 is 0 Å². The summed E-state index contributed by atoms with van der Waals surface area (Å²) in [6.45, 7) is 3.53. The third-order valence-electron chi connectivity index (χ3n) is 6.87. The largest absolute Gasteiger partial charge is 0.491 e. The van der Waals surface area contributed by atoms with E-state index in [0.29, 0.717) is 13.2 Å². The Morgan fingerprint density at radius 1 is 0.780 bits per heavy atom. The van der Waals surface area contributed by atoms with Crippen LogP contribution in [-0.2, 0) is 13.0 Å². The molecule has 0 aliphatic heterocycles. The molecule has 6 nitrogen and oxygen atoms in total. The van der Waals surface area contributed by atoms with E-state index in [1.165, 1.54) is 21.9 Å². The molecule has 6 rings (SSSR count). The van der Waals surface area contributed by atoms with E-state index in [1.807, 2.05) is 79.0 Å². The minimum atomic E-state index is -0.532. The van der Waals surface area contributed by atoms with Crippen molar-refractivity contribution >= 4 is 21.8 Å². The first-order valence-electron chi connectivity index (χ1n) is 14.0. The van der Waals surface area contributed by atoms with Gasteiger partial charge in [-0.3, -0.25) is 0 Å². The topological polar surface area (TPSA) is 82.3 Å². The van der Waals surface area contributed by atoms with Gasteiger partial charge in [-0.25, -0.2) is 0 Å². The number of aliphatic hydroxyl groups is 1. The molecule has 0 saturated carbocycles. The molecule has 0 aliphatic carbocycles. The number of para-hydroxylation sites is 3. The second-order valence-electron chi connectivity index (χ2n) is 10.1. The average Bonchev–Trinajstić information content (AvgIpc) is 3.67. The van der Waals surface area contributed by atoms with Gasteiger partial charge in [0.1, 0.15) is 30.8 Å². The van der Waals surface area contributed by atoms with E-state index in [-0.39, 0.29) is 12.6 Å². The van der Waals surface area contributed by atoms with Crippen LogP contribution in [-0.4, -0.2) is 40.4 Å². The van der Waals surface area contributed by atoms with Gasteiger partial charge in [-0.05, 0) is 54.8 Å². The summed E-state index contributed by atoms with van der Waals surface area (Å²) < 4.78 is 11.4. The highest BCUT2D eigenvalue weighted by Gasteiger charge is 2.11. The number of aliphatic hydroxyl groups excluding tert-OH is 1. The maximum atomic E-state index is 10.1. The molecule has 2 unspecified atom stereocenters. The predicted molar refractivity (Wildman–Crippen MR) is 166 cm³/mol. The van der Waals surface area contributed by atoms with Gasteiger partial charge in [0.2, 0.25) is 0 Å². The highest BCUT2D eigenvalue weighted by molar-refractivity contribution is 5.85. The summed E-state index contributed by atoms with van der Waals surface area (Å²) in [6, 6.07) is 36.4. The first-order chi connectivity index (χ1) is 20.2. The number of H-pyrrole nitrogens is 2. The third kappa shape index (κ3) is 8.01. The first-order valence-corrected chi connectivity index (χ1v) is 14.0. The Kier molecular flexibility index (Phi) is 9.71. The zero-order valence-corrected chi connectivity index (χ0v) is 23.3. The summed E-state index contributed by atoms with van der Waals surface area (Å²) in [4.78, 5) is 6.50. The molecule has 6 heteroatoms. The number of benzene rings is 4. The predicted octanol–water partition coefficient (Wildman–Crippen LogP) is 6.88. The number of aromatic amines is 2. The molecule has 2 heterocycles. The van der Waals surface area contributed by atoms with Crippen LogP contribution in [0.1, 0.15) is 18.1 Å². The van der Waals surface area contributed by atoms with Gasteiger partial charge in [-0.2, -0.15) is 0 Å². The Morgan fingerprint density at radius 2 is 1.54 bits per heavy atom. The van der Waals surface area contributed by atoms with Crippen LogP contribution in [0.2, 0.25) is 0 Å². The second-order valence-corrected chi connectivity index (χ2v) is 10.1. The molecule has 0 amide bonds. The monoisotopic (exact) mass is 547 g/mol. The Bertz CT molecular complexity index is 1610. The fourth-order valence-corrected chi connectivity index (χ4v) is 4.72. The van der Waals surface area contributed by atoms with Crippen molar-refractivity contribution in [2.45, 2.75) is 32.1 Å². The summed E-state index contributed by atoms with van der Waals surface area (Å²) >= 11 is 0. The molecule has 0 aliphatic rings. The van der Waals surface area contributed by atoms with Crippen molar-refractivity contribution in [1.29, 1.82) is 0 Å². The van der Waals surface area contributed by atoms with Crippen LogP contribution in [0.3, 0.4) is 0 Å². The maximum absolute atomic E-state index is 10.1. The average molecular weight is 548 g/mol. The summed E-state index contributed by atoms with van der Waals surface area (Å²) in [6.07, 6.45) is 4.38. The van der Waals surface area contributed by atoms with Gasteiger partial charge in [0, 0.05) is 41.3 Å². The van der Waals surface area contributed by atoms with E-state index in [0.717, 1.165) is 29.0 Å². The van der Waals surface area contributed by atoms with E-state index >= 15 is 0 Å². The molecule has 4 N–H and O–H groups in total. The van der Waals surface area contributed by atoms with Gasteiger partial charge in [-0.15, -0.1) is 0 Å². The van der Waals surface area contributed by atoms with E-state index in [1.54, 1.807) is 0 Å². The lowest BCUT2D eigenvalue weighted by atomic mass is 10.1. The molecule has 6 aromatic rings. The van der Waals surface area contributed by atoms with Crippen molar-refractivity contribution in [3.8, 4) is 11.5 Å². The number of hydrogen-bond donors (Lipinski definition) is 4. The fourth-order valence-electron chi connectivity index (χ4n) is 4.72. The minimum absolute atomic E-state index is 0.274. The highest BCUT2D eigenvalue weighted by atomic mass is 16.5. The molecule has 0 saturated heterocycles. The number of nitrogens with one attached hydrogen (secondary N) is 3. The van der Waals surface area contributed by atoms with Crippen LogP contribution in [0.15, 0.2) is 122 Å². The van der Waals surface area contributed by atoms with Crippen molar-refractivity contribution in [2.24, 2.45) is 0 Å². The number of rotatable bonds is 11. The number of ether oxygens (including phenoxy) is 2. The number of hydrogen-bond acceptors (Lipinski definition) is 4. The highest BCUT2D eigenvalue weighted by Crippen LogP contribution is 2.24. The second kappa shape index (κ2) is 14.2. The van der Waals surface area contributed by atoms with Crippen molar-refractivity contribution in [1.82, 2.24) is 15.3 Å². The standard InChI is InChI=1S/C20H24N2O2.C15H13NO/c1-15(11-16-12-22-20-10-6-5-9-19(16)20)21-13-17(23)14-24-18-7-3-2-4-8-18;1-2-5-12(6-3-1)11-17-14-8-4-7-13-9-10-16-15(13)14/h2-10,12,15,17,21-23H,11,13-14H2,1H3;1-10,16H,11H2. The van der Waals surface area contributed by atoms with Crippen molar-refractivity contribution in [3.63, 3.8) is 0 Å². The van der Waals surface area contributed by atoms with Crippen LogP contribution in [0, 0.1) is 0 Å². The number of aromatic nitrogens is 2. The summed E-state index contributed by atoms with van der Waals surface area (Å²) in [7, 11) is 0. The zero-order valence-electron chi connectivity index (χ0n) is 23.3. The Labute approximate surface area is 241 Å². The molecule has 2 aromatic heterocycles. The smallest absolute Gasteiger partial charge is 0.143 e. The summed E-state index contributed by atoms with van der Waals surface area (Å²) in [5, 5.41) is 15.9. The SMILES string of the molecule is CC(Cc1c[nH]c2ccccc12)NCC(O)COc1ccccc1.c1ccc(COc2cccc3cc[nH]c23)cc1. The van der Waals surface area contributed by atoms with Crippen molar-refractivity contribution < 1.29 is 14.6 Å². The van der Waals surface area contributed by atoms with Gasteiger partial charge in [0.25, 0.3) is 0 Å². The summed E-state index contributed by atoms with van der Waals surface area (Å²) in [5.74, 6) is 1.68. The van der Waals surface area contributed by atoms with Gasteiger partial charge >= 0.3 is 0 Å². The van der Waals surface area contributed by atoms with Crippen molar-refractivity contribution in [2.75, 3.05) is 13.2 Å². The minimum Gasteiger partial charge on any atom is -0.491 e. The van der Waals surface area contributed by atoms with Gasteiger partial charge in [0.15, 0.2) is 0 Å². The van der Waals surface area contributed by atoms with E-state index < -0.39 is 6.10 Å². The molecule has 4 aromatic carbocycles. The Morgan fingerprint density at radius 3 is 2.37 bits per heavy atom. The quantitative estimate of drug-likeness (QED) is 0.143. The van der Waals surface area contributed by atoms with Gasteiger partial charge < -0.3 is 29.9 Å². The lowest BCUT2D eigenvalue weighted by Gasteiger charge is -2.17. The Balaban J connectivity index is 0.000000174. The maximum Gasteiger partial charge on any atom is 0.143 e. The third-order valence-corrected chi connectivity index (χ3v) is 6.87. The van der Waals surface area contributed by atoms with Gasteiger partial charge in [0.05, 0.1) is 5.52 Å². The molecule has 2 atom stereocenters. The van der Waals surface area contributed by atoms with Gasteiger partial charge in [-0.1, -0.05) is 78.9 Å². The molecule has 210 valence electrons.